The van der Waals surface area contributed by atoms with Crippen molar-refractivity contribution >= 4 is 108 Å². The van der Waals surface area contributed by atoms with Gasteiger partial charge in [0.05, 0.1) is 44.2 Å². The summed E-state index contributed by atoms with van der Waals surface area (Å²) in [5, 5.41) is 11.0. The first kappa shape index (κ1) is 29.1. The molecule has 12 rings (SSSR count). The van der Waals surface area contributed by atoms with Crippen LogP contribution in [0.4, 0.5) is 11.6 Å². The molecule has 0 saturated heterocycles. The van der Waals surface area contributed by atoms with Crippen LogP contribution in [0.3, 0.4) is 0 Å². The number of thiophene rings is 1. The predicted molar refractivity (Wildman–Crippen MR) is 226 cm³/mol. The Labute approximate surface area is 308 Å². The highest BCUT2D eigenvalue weighted by atomic mass is 32.1. The third-order valence-electron chi connectivity index (χ3n) is 11.4. The molecule has 4 aromatic heterocycles. The summed E-state index contributed by atoms with van der Waals surface area (Å²) in [6.07, 6.45) is 4.40. The molecule has 1 unspecified atom stereocenters. The molecule has 53 heavy (non-hydrogen) atoms. The summed E-state index contributed by atoms with van der Waals surface area (Å²) in [4.78, 5) is 13.3. The lowest BCUT2D eigenvalue weighted by atomic mass is 9.97. The van der Waals surface area contributed by atoms with E-state index in [1.807, 2.05) is 0 Å². The Bertz CT molecular complexity index is 3400. The molecule has 7 aromatic carbocycles. The molecule has 11 aromatic rings. The minimum atomic E-state index is -0.0279. The quantitative estimate of drug-likeness (QED) is 0.181. The van der Waals surface area contributed by atoms with Crippen molar-refractivity contribution in [3.05, 3.63) is 158 Å². The van der Waals surface area contributed by atoms with Gasteiger partial charge in [0.25, 0.3) is 0 Å². The minimum Gasteiger partial charge on any atom is -0.307 e. The Balaban J connectivity index is 1.17. The van der Waals surface area contributed by atoms with Crippen LogP contribution in [-0.2, 0) is 0 Å². The zero-order chi connectivity index (χ0) is 34.9. The van der Waals surface area contributed by atoms with E-state index in [1.54, 1.807) is 11.3 Å². The van der Waals surface area contributed by atoms with Crippen LogP contribution in [0.25, 0.3) is 96.8 Å². The summed E-state index contributed by atoms with van der Waals surface area (Å²) in [5.41, 5.74) is 9.93. The first-order chi connectivity index (χ1) is 26.1. The van der Waals surface area contributed by atoms with Gasteiger partial charge in [-0.3, -0.25) is 0 Å². The van der Waals surface area contributed by atoms with Crippen LogP contribution < -0.4 is 4.90 Å². The van der Waals surface area contributed by atoms with Gasteiger partial charge in [-0.15, -0.1) is 11.3 Å². The number of nitrogens with zero attached hydrogens (tertiary/aromatic N) is 4. The first-order valence-corrected chi connectivity index (χ1v) is 18.9. The first-order valence-electron chi connectivity index (χ1n) is 18.1. The van der Waals surface area contributed by atoms with E-state index in [2.05, 4.69) is 168 Å². The van der Waals surface area contributed by atoms with Crippen molar-refractivity contribution in [2.75, 3.05) is 4.90 Å². The molecular weight excluding hydrogens is 665 g/mol. The molecule has 0 fully saturated rings. The van der Waals surface area contributed by atoms with Gasteiger partial charge in [-0.25, -0.2) is 9.97 Å². The van der Waals surface area contributed by atoms with Crippen molar-refractivity contribution in [2.45, 2.75) is 13.0 Å². The van der Waals surface area contributed by atoms with E-state index >= 15 is 0 Å². The molecule has 0 bridgehead atoms. The monoisotopic (exact) mass is 694 g/mol. The molecule has 1 aliphatic rings. The van der Waals surface area contributed by atoms with Crippen molar-refractivity contribution < 1.29 is 0 Å². The molecule has 0 spiro atoms. The number of hydrogen-bond donors (Lipinski definition) is 0. The topological polar surface area (TPSA) is 33.4 Å². The summed E-state index contributed by atoms with van der Waals surface area (Å²) in [6, 6.07) is 48.4. The number of allylic oxidation sites excluding steroid dienone is 2. The number of para-hydroxylation sites is 2. The largest absolute Gasteiger partial charge is 0.307 e. The summed E-state index contributed by atoms with van der Waals surface area (Å²) >= 11 is 1.77. The Morgan fingerprint density at radius 3 is 2.21 bits per heavy atom. The van der Waals surface area contributed by atoms with E-state index in [1.165, 1.54) is 64.3 Å². The Hall–Kier alpha value is -6.56. The smallest absolute Gasteiger partial charge is 0.231 e. The van der Waals surface area contributed by atoms with Crippen molar-refractivity contribution in [1.82, 2.24) is 14.4 Å². The van der Waals surface area contributed by atoms with Gasteiger partial charge in [0, 0.05) is 48.1 Å². The number of aromatic nitrogens is 3. The molecule has 5 heterocycles. The van der Waals surface area contributed by atoms with E-state index in [0.717, 1.165) is 43.7 Å². The van der Waals surface area contributed by atoms with Gasteiger partial charge in [0.1, 0.15) is 0 Å². The van der Waals surface area contributed by atoms with Gasteiger partial charge in [-0.1, -0.05) is 128 Å². The summed E-state index contributed by atoms with van der Waals surface area (Å²) in [7, 11) is 0. The lowest BCUT2D eigenvalue weighted by Gasteiger charge is -2.29. The van der Waals surface area contributed by atoms with E-state index in [0.29, 0.717) is 5.95 Å². The number of rotatable bonds is 2. The zero-order valence-corrected chi connectivity index (χ0v) is 29.7. The minimum absolute atomic E-state index is 0.0279. The highest BCUT2D eigenvalue weighted by Gasteiger charge is 2.28. The van der Waals surface area contributed by atoms with E-state index in [-0.39, 0.29) is 6.04 Å². The highest BCUT2D eigenvalue weighted by molar-refractivity contribution is 7.26. The number of anilines is 2. The fraction of sp³-hybridized carbons (Fsp3) is 0.0417. The Kier molecular flexibility index (Phi) is 5.76. The third kappa shape index (κ3) is 3.89. The normalized spacial score (nSPS) is 15.0. The maximum atomic E-state index is 5.53. The Morgan fingerprint density at radius 1 is 0.604 bits per heavy atom. The summed E-state index contributed by atoms with van der Waals surface area (Å²) < 4.78 is 4.79. The summed E-state index contributed by atoms with van der Waals surface area (Å²) in [5.74, 6) is 0.683. The average Bonchev–Trinajstić information content (AvgIpc) is 3.84. The van der Waals surface area contributed by atoms with Gasteiger partial charge in [-0.2, -0.15) is 0 Å². The van der Waals surface area contributed by atoms with Gasteiger partial charge < -0.3 is 9.30 Å². The molecule has 0 saturated carbocycles. The molecule has 4 nitrogen and oxygen atoms in total. The number of benzene rings is 7. The number of hydrogen-bond acceptors (Lipinski definition) is 4. The van der Waals surface area contributed by atoms with Gasteiger partial charge in [0.2, 0.25) is 5.95 Å². The fourth-order valence-electron chi connectivity index (χ4n) is 8.97. The van der Waals surface area contributed by atoms with Crippen LogP contribution in [0.15, 0.2) is 152 Å². The standard InChI is InChI=1S/C48H30N4S/c1-27-21-22-28(2)51(48-49-43(33-16-9-12-29-11-3-4-13-31(29)33)47-44(50-48)37-15-6-8-20-42(37)53-47)41-25-30-23-24-36-35-18-10-17-34-32-14-5-7-19-40(32)52(45(34)35)46(36)39(30)26-38(27)41/h3-26,28H,1H2,2H3. The molecular formula is C48H30N4S. The van der Waals surface area contributed by atoms with E-state index in [9.17, 15) is 0 Å². The summed E-state index contributed by atoms with van der Waals surface area (Å²) in [6.45, 7) is 6.84. The van der Waals surface area contributed by atoms with Crippen molar-refractivity contribution in [1.29, 1.82) is 0 Å². The van der Waals surface area contributed by atoms with Crippen LogP contribution >= 0.6 is 11.3 Å². The molecule has 5 heteroatoms. The maximum Gasteiger partial charge on any atom is 0.231 e. The maximum absolute atomic E-state index is 5.53. The second-order valence-corrected chi connectivity index (χ2v) is 15.3. The second-order valence-electron chi connectivity index (χ2n) is 14.3. The second kappa shape index (κ2) is 10.5. The lowest BCUT2D eigenvalue weighted by molar-refractivity contribution is 0.835. The van der Waals surface area contributed by atoms with Crippen molar-refractivity contribution in [3.63, 3.8) is 0 Å². The molecule has 0 radical (unpaired) electrons. The lowest BCUT2D eigenvalue weighted by Crippen LogP contribution is -2.28. The van der Waals surface area contributed by atoms with Crippen LogP contribution in [0, 0.1) is 0 Å². The Morgan fingerprint density at radius 2 is 1.30 bits per heavy atom. The van der Waals surface area contributed by atoms with Crippen molar-refractivity contribution in [3.8, 4) is 11.3 Å². The number of fused-ring (bicyclic) bond motifs is 13. The SMILES string of the molecule is C=C1C=CC(C)N(c2nc(-c3cccc4ccccc34)c3sc4ccccc4c3n2)c2cc3ccc4c5cccc6c7ccccc7n(c4c3cc21)c65. The van der Waals surface area contributed by atoms with Crippen LogP contribution in [0.2, 0.25) is 0 Å². The molecule has 248 valence electrons. The molecule has 0 amide bonds. The van der Waals surface area contributed by atoms with E-state index < -0.39 is 0 Å². The van der Waals surface area contributed by atoms with Crippen LogP contribution in [0.5, 0.6) is 0 Å². The molecule has 1 aliphatic heterocycles. The van der Waals surface area contributed by atoms with Crippen LogP contribution in [0.1, 0.15) is 12.5 Å². The highest BCUT2D eigenvalue weighted by Crippen LogP contribution is 2.47. The fourth-order valence-corrected chi connectivity index (χ4v) is 10.1. The van der Waals surface area contributed by atoms with Gasteiger partial charge in [0.15, 0.2) is 0 Å². The van der Waals surface area contributed by atoms with Gasteiger partial charge in [-0.05, 0) is 52.9 Å². The predicted octanol–water partition coefficient (Wildman–Crippen LogP) is 13.1. The average molecular weight is 695 g/mol. The van der Waals surface area contributed by atoms with Crippen molar-refractivity contribution in [2.24, 2.45) is 0 Å². The molecule has 1 atom stereocenters. The van der Waals surface area contributed by atoms with Crippen LogP contribution in [-0.4, -0.2) is 20.4 Å². The molecule has 0 aliphatic carbocycles. The zero-order valence-electron chi connectivity index (χ0n) is 28.8. The molecule has 0 N–H and O–H groups in total. The van der Waals surface area contributed by atoms with Gasteiger partial charge >= 0.3 is 0 Å². The van der Waals surface area contributed by atoms with E-state index in [4.69, 9.17) is 9.97 Å². The third-order valence-corrected chi connectivity index (χ3v) is 12.5.